The Balaban J connectivity index is 1.81. The second-order valence-electron chi connectivity index (χ2n) is 3.03. The Hall–Kier alpha value is -0.120. The van der Waals surface area contributed by atoms with E-state index in [1.54, 1.807) is 0 Å². The lowest BCUT2D eigenvalue weighted by molar-refractivity contribution is -0.0143. The summed E-state index contributed by atoms with van der Waals surface area (Å²) in [7, 11) is 0. The zero-order valence-corrected chi connectivity index (χ0v) is 7.12. The zero-order chi connectivity index (χ0) is 8.10. The van der Waals surface area contributed by atoms with Gasteiger partial charge >= 0.3 is 0 Å². The molecule has 1 heterocycles. The highest BCUT2D eigenvalue weighted by molar-refractivity contribution is 4.77. The number of hydrogen-bond donors (Lipinski definition) is 1. The number of nitrogens with zero attached hydrogens (tertiary/aromatic N) is 1. The third-order valence-corrected chi connectivity index (χ3v) is 1.84. The summed E-state index contributed by atoms with van der Waals surface area (Å²) in [4.78, 5) is 2.19. The van der Waals surface area contributed by atoms with E-state index >= 15 is 0 Å². The second-order valence-corrected chi connectivity index (χ2v) is 3.03. The minimum atomic E-state index is -0.0822. The van der Waals surface area contributed by atoms with Crippen LogP contribution in [0.15, 0.2) is 0 Å². The van der Waals surface area contributed by atoms with Crippen molar-refractivity contribution < 1.29 is 9.84 Å². The molecule has 11 heavy (non-hydrogen) atoms. The van der Waals surface area contributed by atoms with Crippen molar-refractivity contribution in [3.63, 3.8) is 0 Å². The van der Waals surface area contributed by atoms with Gasteiger partial charge in [0.25, 0.3) is 0 Å². The van der Waals surface area contributed by atoms with Crippen molar-refractivity contribution >= 4 is 0 Å². The van der Waals surface area contributed by atoms with Crippen LogP contribution in [-0.4, -0.2) is 49.0 Å². The van der Waals surface area contributed by atoms with E-state index in [0.29, 0.717) is 0 Å². The van der Waals surface area contributed by atoms with Gasteiger partial charge in [0, 0.05) is 26.2 Å². The highest BCUT2D eigenvalue weighted by atomic mass is 16.5. The van der Waals surface area contributed by atoms with E-state index in [2.05, 4.69) is 11.8 Å². The van der Waals surface area contributed by atoms with Gasteiger partial charge in [0.1, 0.15) is 0 Å². The molecule has 0 saturated carbocycles. The summed E-state index contributed by atoms with van der Waals surface area (Å²) in [6, 6.07) is 0. The van der Waals surface area contributed by atoms with Gasteiger partial charge in [-0.3, -0.25) is 4.90 Å². The van der Waals surface area contributed by atoms with Crippen LogP contribution in [-0.2, 0) is 4.74 Å². The summed E-state index contributed by atoms with van der Waals surface area (Å²) < 4.78 is 5.30. The molecule has 0 radical (unpaired) electrons. The van der Waals surface area contributed by atoms with Crippen LogP contribution in [0.25, 0.3) is 0 Å². The number of likely N-dealkylation sites (tertiary alicyclic amines) is 1. The van der Waals surface area contributed by atoms with Crippen molar-refractivity contribution in [2.24, 2.45) is 0 Å². The summed E-state index contributed by atoms with van der Waals surface area (Å²) >= 11 is 0. The van der Waals surface area contributed by atoms with Crippen LogP contribution in [0.1, 0.15) is 13.3 Å². The first-order valence-electron chi connectivity index (χ1n) is 4.31. The first-order valence-corrected chi connectivity index (χ1v) is 4.31. The standard InChI is InChI=1S/C8H17NO2/c1-2-4-11-5-3-9-6-8(10)7-9/h8,10H,2-7H2,1H3. The van der Waals surface area contributed by atoms with E-state index in [0.717, 1.165) is 39.3 Å². The Morgan fingerprint density at radius 3 is 2.73 bits per heavy atom. The largest absolute Gasteiger partial charge is 0.390 e. The molecule has 0 atom stereocenters. The average Bonchev–Trinajstić information content (AvgIpc) is 1.94. The maximum absolute atomic E-state index is 8.94. The highest BCUT2D eigenvalue weighted by Crippen LogP contribution is 2.05. The molecule has 0 aromatic heterocycles. The van der Waals surface area contributed by atoms with Crippen LogP contribution in [0.5, 0.6) is 0 Å². The predicted molar refractivity (Wildman–Crippen MR) is 43.6 cm³/mol. The Morgan fingerprint density at radius 2 is 2.18 bits per heavy atom. The van der Waals surface area contributed by atoms with Crippen molar-refractivity contribution in [1.82, 2.24) is 4.90 Å². The Bertz CT molecular complexity index is 102. The fraction of sp³-hybridized carbons (Fsp3) is 1.00. The topological polar surface area (TPSA) is 32.7 Å². The number of aliphatic hydroxyl groups excluding tert-OH is 1. The second kappa shape index (κ2) is 4.70. The normalized spacial score (nSPS) is 20.2. The molecular weight excluding hydrogens is 142 g/mol. The van der Waals surface area contributed by atoms with E-state index in [1.165, 1.54) is 0 Å². The molecule has 1 N–H and O–H groups in total. The summed E-state index contributed by atoms with van der Waals surface area (Å²) in [5.74, 6) is 0. The van der Waals surface area contributed by atoms with Crippen LogP contribution >= 0.6 is 0 Å². The molecule has 0 aliphatic carbocycles. The maximum Gasteiger partial charge on any atom is 0.0793 e. The minimum Gasteiger partial charge on any atom is -0.390 e. The molecule has 0 unspecified atom stereocenters. The smallest absolute Gasteiger partial charge is 0.0793 e. The Morgan fingerprint density at radius 1 is 1.45 bits per heavy atom. The molecule has 1 rings (SSSR count). The molecule has 66 valence electrons. The zero-order valence-electron chi connectivity index (χ0n) is 7.12. The summed E-state index contributed by atoms with van der Waals surface area (Å²) in [5, 5.41) is 8.94. The SMILES string of the molecule is CCCOCCN1CC(O)C1. The predicted octanol–water partition coefficient (Wildman–Crippen LogP) is 0.0895. The van der Waals surface area contributed by atoms with Crippen molar-refractivity contribution in [3.05, 3.63) is 0 Å². The number of aliphatic hydroxyl groups is 1. The van der Waals surface area contributed by atoms with Crippen LogP contribution in [0.4, 0.5) is 0 Å². The molecule has 0 spiro atoms. The quantitative estimate of drug-likeness (QED) is 0.577. The maximum atomic E-state index is 8.94. The van der Waals surface area contributed by atoms with Crippen LogP contribution in [0.3, 0.4) is 0 Å². The molecular formula is C8H17NO2. The van der Waals surface area contributed by atoms with Crippen LogP contribution < -0.4 is 0 Å². The van der Waals surface area contributed by atoms with Gasteiger partial charge in [-0.25, -0.2) is 0 Å². The highest BCUT2D eigenvalue weighted by Gasteiger charge is 2.22. The minimum absolute atomic E-state index is 0.0822. The van der Waals surface area contributed by atoms with Gasteiger partial charge in [0.05, 0.1) is 12.7 Å². The summed E-state index contributed by atoms with van der Waals surface area (Å²) in [6.07, 6.45) is 1.00. The van der Waals surface area contributed by atoms with E-state index in [4.69, 9.17) is 9.84 Å². The number of ether oxygens (including phenoxy) is 1. The summed E-state index contributed by atoms with van der Waals surface area (Å²) in [5.41, 5.74) is 0. The molecule has 1 saturated heterocycles. The molecule has 1 aliphatic rings. The fourth-order valence-electron chi connectivity index (χ4n) is 1.17. The van der Waals surface area contributed by atoms with Gasteiger partial charge in [-0.15, -0.1) is 0 Å². The Labute approximate surface area is 68.0 Å². The van der Waals surface area contributed by atoms with Crippen molar-refractivity contribution in [3.8, 4) is 0 Å². The monoisotopic (exact) mass is 159 g/mol. The number of hydrogen-bond acceptors (Lipinski definition) is 3. The molecule has 0 aromatic rings. The fourth-order valence-corrected chi connectivity index (χ4v) is 1.17. The Kier molecular flexibility index (Phi) is 3.83. The molecule has 0 aromatic carbocycles. The molecule has 1 fully saturated rings. The van der Waals surface area contributed by atoms with Gasteiger partial charge in [0.2, 0.25) is 0 Å². The third kappa shape index (κ3) is 3.18. The number of β-amino-alcohol motifs (C(OH)–C–C–N with tert-alkyl or cyclic N) is 1. The van der Waals surface area contributed by atoms with Crippen LogP contribution in [0.2, 0.25) is 0 Å². The van der Waals surface area contributed by atoms with Gasteiger partial charge in [-0.2, -0.15) is 0 Å². The first-order chi connectivity index (χ1) is 5.33. The third-order valence-electron chi connectivity index (χ3n) is 1.84. The van der Waals surface area contributed by atoms with E-state index < -0.39 is 0 Å². The summed E-state index contributed by atoms with van der Waals surface area (Å²) in [6.45, 7) is 6.40. The average molecular weight is 159 g/mol. The molecule has 1 aliphatic heterocycles. The van der Waals surface area contributed by atoms with E-state index in [-0.39, 0.29) is 6.10 Å². The van der Waals surface area contributed by atoms with Gasteiger partial charge < -0.3 is 9.84 Å². The van der Waals surface area contributed by atoms with Crippen molar-refractivity contribution in [2.75, 3.05) is 32.8 Å². The van der Waals surface area contributed by atoms with Gasteiger partial charge in [0.15, 0.2) is 0 Å². The molecule has 0 amide bonds. The molecule has 3 heteroatoms. The van der Waals surface area contributed by atoms with E-state index in [1.807, 2.05) is 0 Å². The molecule has 0 bridgehead atoms. The lowest BCUT2D eigenvalue weighted by Gasteiger charge is -2.35. The van der Waals surface area contributed by atoms with Gasteiger partial charge in [-0.1, -0.05) is 6.92 Å². The molecule has 3 nitrogen and oxygen atoms in total. The van der Waals surface area contributed by atoms with Crippen molar-refractivity contribution in [1.29, 1.82) is 0 Å². The van der Waals surface area contributed by atoms with E-state index in [9.17, 15) is 0 Å². The lowest BCUT2D eigenvalue weighted by atomic mass is 10.2. The lowest BCUT2D eigenvalue weighted by Crippen LogP contribution is -2.51. The van der Waals surface area contributed by atoms with Gasteiger partial charge in [-0.05, 0) is 6.42 Å². The van der Waals surface area contributed by atoms with Crippen LogP contribution in [0, 0.1) is 0 Å². The number of rotatable bonds is 5. The van der Waals surface area contributed by atoms with Crippen molar-refractivity contribution in [2.45, 2.75) is 19.4 Å². The first kappa shape index (κ1) is 8.97.